The highest BCUT2D eigenvalue weighted by atomic mass is 79.9. The molecule has 0 radical (unpaired) electrons. The van der Waals surface area contributed by atoms with E-state index in [0.717, 1.165) is 48.7 Å². The Morgan fingerprint density at radius 2 is 1.92 bits per heavy atom. The van der Waals surface area contributed by atoms with E-state index in [1.807, 2.05) is 19.1 Å². The average molecular weight is 568 g/mol. The molecular weight excluding hydrogens is 538 g/mol. The van der Waals surface area contributed by atoms with Crippen LogP contribution in [0.15, 0.2) is 57.4 Å². The minimum absolute atomic E-state index is 0.0324. The molecule has 194 valence electrons. The van der Waals surface area contributed by atoms with E-state index in [9.17, 15) is 24.8 Å². The number of hydrogen-bond acceptors (Lipinski definition) is 6. The molecule has 1 aliphatic carbocycles. The van der Waals surface area contributed by atoms with Gasteiger partial charge in [-0.2, -0.15) is 5.26 Å². The molecule has 2 amide bonds. The molecule has 1 aromatic carbocycles. The Morgan fingerprint density at radius 1 is 1.16 bits per heavy atom. The molecule has 4 rings (SSSR count). The fourth-order valence-corrected chi connectivity index (χ4v) is 5.48. The van der Waals surface area contributed by atoms with Gasteiger partial charge in [-0.25, -0.2) is 0 Å². The summed E-state index contributed by atoms with van der Waals surface area (Å²) in [5.41, 5.74) is 1.65. The van der Waals surface area contributed by atoms with E-state index in [4.69, 9.17) is 4.74 Å². The zero-order chi connectivity index (χ0) is 26.5. The van der Waals surface area contributed by atoms with E-state index in [1.54, 1.807) is 23.1 Å². The number of nitriles is 1. The third-order valence-electron chi connectivity index (χ3n) is 6.99. The first-order valence-electron chi connectivity index (χ1n) is 12.7. The first kappa shape index (κ1) is 26.7. The molecule has 37 heavy (non-hydrogen) atoms. The number of amides is 2. The summed E-state index contributed by atoms with van der Waals surface area (Å²) >= 11 is 3.43. The van der Waals surface area contributed by atoms with E-state index >= 15 is 0 Å². The maximum absolute atomic E-state index is 13.6. The van der Waals surface area contributed by atoms with Crippen LogP contribution in [-0.2, 0) is 14.4 Å². The molecule has 2 heterocycles. The Bertz CT molecular complexity index is 1240. The molecule has 0 spiro atoms. The number of anilines is 1. The number of carbonyl (C=O) groups excluding carboxylic acids is 2. The summed E-state index contributed by atoms with van der Waals surface area (Å²) in [4.78, 5) is 41.1. The number of imide groups is 1. The van der Waals surface area contributed by atoms with Gasteiger partial charge in [0.15, 0.2) is 5.75 Å². The summed E-state index contributed by atoms with van der Waals surface area (Å²) in [5, 5.41) is 19.3. The number of fused-ring (bicyclic) bond motifs is 1. The number of rotatable bonds is 8. The molecule has 0 saturated heterocycles. The number of carboxylic acids is 1. The van der Waals surface area contributed by atoms with Gasteiger partial charge in [0.25, 0.3) is 11.8 Å². The lowest BCUT2D eigenvalue weighted by molar-refractivity contribution is -0.141. The number of allylic oxidation sites excluding steroid dienone is 2. The summed E-state index contributed by atoms with van der Waals surface area (Å²) in [5.74, 6) is -0.922. The Labute approximate surface area is 225 Å². The van der Waals surface area contributed by atoms with E-state index in [2.05, 4.69) is 22.0 Å². The number of carbonyl (C=O) groups is 3. The quantitative estimate of drug-likeness (QED) is 0.328. The summed E-state index contributed by atoms with van der Waals surface area (Å²) < 4.78 is 6.87. The van der Waals surface area contributed by atoms with Crippen LogP contribution in [0.3, 0.4) is 0 Å². The molecule has 0 aromatic heterocycles. The molecule has 1 N–H and O–H groups in total. The van der Waals surface area contributed by atoms with Crippen molar-refractivity contribution in [1.82, 2.24) is 4.90 Å². The highest BCUT2D eigenvalue weighted by Gasteiger charge is 2.40. The highest BCUT2D eigenvalue weighted by Crippen LogP contribution is 2.42. The molecule has 0 atom stereocenters. The number of ether oxygens (including phenoxy) is 1. The van der Waals surface area contributed by atoms with Crippen molar-refractivity contribution in [2.24, 2.45) is 5.92 Å². The average Bonchev–Trinajstić information content (AvgIpc) is 3.23. The third kappa shape index (κ3) is 5.64. The van der Waals surface area contributed by atoms with Crippen molar-refractivity contribution in [2.45, 2.75) is 58.3 Å². The fourth-order valence-electron chi connectivity index (χ4n) is 5.14. The minimum atomic E-state index is -0.933. The topological polar surface area (TPSA) is 111 Å². The van der Waals surface area contributed by atoms with Crippen LogP contribution in [-0.4, -0.2) is 40.9 Å². The minimum Gasteiger partial charge on any atom is -0.481 e. The number of hydrogen-bond donors (Lipinski definition) is 1. The zero-order valence-electron chi connectivity index (χ0n) is 20.8. The molecule has 1 aromatic rings. The molecule has 9 heteroatoms. The first-order chi connectivity index (χ1) is 17.8. The van der Waals surface area contributed by atoms with Gasteiger partial charge in [0.2, 0.25) is 5.88 Å². The van der Waals surface area contributed by atoms with Crippen LogP contribution in [0, 0.1) is 17.2 Å². The number of halogens is 1. The lowest BCUT2D eigenvalue weighted by atomic mass is 9.76. The predicted octanol–water partition coefficient (Wildman–Crippen LogP) is 5.46. The van der Waals surface area contributed by atoms with Gasteiger partial charge >= 0.3 is 5.97 Å². The Hall–Kier alpha value is -3.38. The lowest BCUT2D eigenvalue weighted by Gasteiger charge is -2.33. The second kappa shape index (κ2) is 11.8. The van der Waals surface area contributed by atoms with Gasteiger partial charge in [-0.15, -0.1) is 0 Å². The second-order valence-corrected chi connectivity index (χ2v) is 10.4. The molecule has 3 aliphatic rings. The van der Waals surface area contributed by atoms with Gasteiger partial charge in [0.1, 0.15) is 11.6 Å². The Kier molecular flexibility index (Phi) is 8.49. The molecular formula is C28H30BrN3O5. The van der Waals surface area contributed by atoms with Gasteiger partial charge < -0.3 is 14.7 Å². The summed E-state index contributed by atoms with van der Waals surface area (Å²) in [6, 6.07) is 7.60. The van der Waals surface area contributed by atoms with Crippen LogP contribution >= 0.6 is 15.9 Å². The standard InChI is InChI=1S/C28H30BrN3O5/c1-2-3-14-32-27(35)20(26(21(17-30)28(32)36)18-7-5-4-6-8-18)10-12-24-31(15-13-25(33)34)22-11-9-19(29)16-23(22)37-24/h9-12,16,18H,2-8,13-15H2,1H3,(H,33,34)/b20-10-,24-12-. The van der Waals surface area contributed by atoms with Crippen molar-refractivity contribution in [3.8, 4) is 11.8 Å². The molecule has 1 fully saturated rings. The fraction of sp³-hybridized carbons (Fsp3) is 0.429. The number of carboxylic acid groups (broad SMARTS) is 1. The maximum Gasteiger partial charge on any atom is 0.305 e. The van der Waals surface area contributed by atoms with E-state index < -0.39 is 17.8 Å². The number of unbranched alkanes of at least 4 members (excludes halogenated alkanes) is 1. The van der Waals surface area contributed by atoms with Gasteiger partial charge in [-0.05, 0) is 61.1 Å². The van der Waals surface area contributed by atoms with Gasteiger partial charge in [0.05, 0.1) is 12.1 Å². The normalized spacial score (nSPS) is 20.5. The third-order valence-corrected chi connectivity index (χ3v) is 7.48. The van der Waals surface area contributed by atoms with Gasteiger partial charge in [0, 0.05) is 23.1 Å². The smallest absolute Gasteiger partial charge is 0.305 e. The van der Waals surface area contributed by atoms with E-state index in [1.165, 1.54) is 4.90 Å². The van der Waals surface area contributed by atoms with Gasteiger partial charge in [-0.1, -0.05) is 48.5 Å². The van der Waals surface area contributed by atoms with Crippen molar-refractivity contribution in [3.05, 3.63) is 57.4 Å². The van der Waals surface area contributed by atoms with Crippen LogP contribution in [0.1, 0.15) is 58.3 Å². The first-order valence-corrected chi connectivity index (χ1v) is 13.5. The van der Waals surface area contributed by atoms with Crippen LogP contribution in [0.5, 0.6) is 5.75 Å². The van der Waals surface area contributed by atoms with Crippen molar-refractivity contribution >= 4 is 39.4 Å². The SMILES string of the molecule is CCCCN1C(=O)C(C#N)=C(C2CCCCC2)/C(=C/C=C2\Oc3cc(Br)ccc3N2CCC(=O)O)C1=O. The van der Waals surface area contributed by atoms with Crippen molar-refractivity contribution in [3.63, 3.8) is 0 Å². The van der Waals surface area contributed by atoms with E-state index in [0.29, 0.717) is 29.2 Å². The molecule has 8 nitrogen and oxygen atoms in total. The predicted molar refractivity (Wildman–Crippen MR) is 141 cm³/mol. The van der Waals surface area contributed by atoms with Crippen molar-refractivity contribution in [1.29, 1.82) is 5.26 Å². The molecule has 2 aliphatic heterocycles. The molecule has 1 saturated carbocycles. The number of nitrogens with zero attached hydrogens (tertiary/aromatic N) is 3. The monoisotopic (exact) mass is 567 g/mol. The molecule has 0 unspecified atom stereocenters. The largest absolute Gasteiger partial charge is 0.481 e. The number of aliphatic carboxylic acids is 1. The van der Waals surface area contributed by atoms with Gasteiger partial charge in [-0.3, -0.25) is 19.3 Å². The zero-order valence-corrected chi connectivity index (χ0v) is 22.4. The Balaban J connectivity index is 1.79. The van der Waals surface area contributed by atoms with E-state index in [-0.39, 0.29) is 31.0 Å². The summed E-state index contributed by atoms with van der Waals surface area (Å²) in [7, 11) is 0. The van der Waals surface area contributed by atoms with Crippen LogP contribution in [0.2, 0.25) is 0 Å². The lowest BCUT2D eigenvalue weighted by Crippen LogP contribution is -2.44. The van der Waals surface area contributed by atoms with Crippen LogP contribution < -0.4 is 9.64 Å². The number of benzene rings is 1. The summed E-state index contributed by atoms with van der Waals surface area (Å²) in [6.07, 6.45) is 9.36. The maximum atomic E-state index is 13.6. The van der Waals surface area contributed by atoms with Crippen molar-refractivity contribution < 1.29 is 24.2 Å². The van der Waals surface area contributed by atoms with Crippen molar-refractivity contribution in [2.75, 3.05) is 18.0 Å². The van der Waals surface area contributed by atoms with Crippen LogP contribution in [0.4, 0.5) is 5.69 Å². The Morgan fingerprint density at radius 3 is 2.59 bits per heavy atom. The summed E-state index contributed by atoms with van der Waals surface area (Å²) in [6.45, 7) is 2.42. The van der Waals surface area contributed by atoms with Crippen LogP contribution in [0.25, 0.3) is 0 Å². The second-order valence-electron chi connectivity index (χ2n) is 9.45. The molecule has 0 bridgehead atoms. The highest BCUT2D eigenvalue weighted by molar-refractivity contribution is 9.10.